The number of fused-ring (bicyclic) bond motifs is 1. The van der Waals surface area contributed by atoms with Crippen LogP contribution >= 0.6 is 0 Å². The van der Waals surface area contributed by atoms with Gasteiger partial charge in [-0.2, -0.15) is 0 Å². The fourth-order valence-electron chi connectivity index (χ4n) is 4.10. The third kappa shape index (κ3) is 4.58. The van der Waals surface area contributed by atoms with Crippen LogP contribution in [0.25, 0.3) is 0 Å². The first-order chi connectivity index (χ1) is 16.6. The van der Waals surface area contributed by atoms with Crippen LogP contribution in [-0.2, 0) is 13.1 Å². The number of carbonyl (C=O) groups excluding carboxylic acids is 2. The van der Waals surface area contributed by atoms with Crippen LogP contribution in [0.4, 0.5) is 28.0 Å². The van der Waals surface area contributed by atoms with Crippen molar-refractivity contribution in [3.8, 4) is 0 Å². The zero-order chi connectivity index (χ0) is 25.4. The van der Waals surface area contributed by atoms with Crippen molar-refractivity contribution >= 4 is 17.6 Å². The number of hydrogen-bond acceptors (Lipinski definition) is 2. The van der Waals surface area contributed by atoms with Crippen LogP contribution in [0.3, 0.4) is 0 Å². The number of benzene rings is 3. The van der Waals surface area contributed by atoms with Gasteiger partial charge in [0, 0.05) is 42.4 Å². The second kappa shape index (κ2) is 9.40. The van der Waals surface area contributed by atoms with Crippen LogP contribution in [0.2, 0.25) is 0 Å². The third-order valence-electron chi connectivity index (χ3n) is 6.28. The van der Waals surface area contributed by atoms with Gasteiger partial charge >= 0.3 is 6.03 Å². The van der Waals surface area contributed by atoms with E-state index in [2.05, 4.69) is 5.32 Å². The van der Waals surface area contributed by atoms with Gasteiger partial charge < -0.3 is 10.2 Å². The predicted molar refractivity (Wildman–Crippen MR) is 123 cm³/mol. The van der Waals surface area contributed by atoms with Crippen molar-refractivity contribution in [3.63, 3.8) is 0 Å². The minimum absolute atomic E-state index is 0.0481. The number of aryl methyl sites for hydroxylation is 1. The van der Waals surface area contributed by atoms with Gasteiger partial charge in [0.25, 0.3) is 5.91 Å². The molecule has 0 aromatic heterocycles. The molecule has 0 saturated carbocycles. The lowest BCUT2D eigenvalue weighted by atomic mass is 9.98. The maximum Gasteiger partial charge on any atom is 0.325 e. The van der Waals surface area contributed by atoms with E-state index < -0.39 is 41.3 Å². The molecule has 3 aromatic carbocycles. The molecule has 182 valence electrons. The molecule has 0 saturated heterocycles. The molecule has 1 N–H and O–H groups in total. The average Bonchev–Trinajstić information content (AvgIpc) is 2.81. The van der Waals surface area contributed by atoms with Crippen molar-refractivity contribution in [2.24, 2.45) is 0 Å². The maximum atomic E-state index is 14.7. The Morgan fingerprint density at radius 1 is 1.03 bits per heavy atom. The van der Waals surface area contributed by atoms with Gasteiger partial charge in [0.2, 0.25) is 0 Å². The van der Waals surface area contributed by atoms with E-state index in [0.717, 1.165) is 5.56 Å². The number of amides is 3. The molecular formula is C26H23F4N3O2. The summed E-state index contributed by atoms with van der Waals surface area (Å²) in [6.07, 6.45) is 0. The van der Waals surface area contributed by atoms with E-state index in [0.29, 0.717) is 28.9 Å². The summed E-state index contributed by atoms with van der Waals surface area (Å²) in [6.45, 7) is 2.92. The van der Waals surface area contributed by atoms with E-state index >= 15 is 0 Å². The summed E-state index contributed by atoms with van der Waals surface area (Å²) >= 11 is 0. The normalized spacial score (nSPS) is 15.3. The lowest BCUT2D eigenvalue weighted by Crippen LogP contribution is -2.46. The molecule has 1 aliphatic rings. The number of nitrogens with one attached hydrogen (secondary N) is 1. The molecule has 1 atom stereocenters. The first-order valence-corrected chi connectivity index (χ1v) is 10.9. The highest BCUT2D eigenvalue weighted by Crippen LogP contribution is 2.37. The molecule has 0 bridgehead atoms. The second-order valence-electron chi connectivity index (χ2n) is 8.51. The summed E-state index contributed by atoms with van der Waals surface area (Å²) in [6, 6.07) is 10.1. The number of rotatable bonds is 5. The number of urea groups is 1. The van der Waals surface area contributed by atoms with Gasteiger partial charge in [-0.1, -0.05) is 24.3 Å². The summed E-state index contributed by atoms with van der Waals surface area (Å²) in [5, 5.41) is 2.42. The molecule has 1 aliphatic heterocycles. The van der Waals surface area contributed by atoms with Gasteiger partial charge in [0.15, 0.2) is 0 Å². The number of anilines is 1. The summed E-state index contributed by atoms with van der Waals surface area (Å²) < 4.78 is 55.7. The number of hydrogen-bond donors (Lipinski definition) is 1. The molecule has 0 unspecified atom stereocenters. The lowest BCUT2D eigenvalue weighted by Gasteiger charge is -2.39. The summed E-state index contributed by atoms with van der Waals surface area (Å²) in [4.78, 5) is 28.8. The molecule has 3 amide bonds. The zero-order valence-electron chi connectivity index (χ0n) is 19.3. The van der Waals surface area contributed by atoms with Gasteiger partial charge in [-0.25, -0.2) is 22.4 Å². The third-order valence-corrected chi connectivity index (χ3v) is 6.28. The molecule has 4 rings (SSSR count). The Bertz CT molecular complexity index is 1300. The monoisotopic (exact) mass is 485 g/mol. The van der Waals surface area contributed by atoms with E-state index in [1.54, 1.807) is 38.2 Å². The molecule has 5 nitrogen and oxygen atoms in total. The van der Waals surface area contributed by atoms with Crippen molar-refractivity contribution in [2.45, 2.75) is 33.0 Å². The van der Waals surface area contributed by atoms with Crippen LogP contribution < -0.4 is 10.2 Å². The minimum Gasteiger partial charge on any atom is -0.348 e. The Morgan fingerprint density at radius 2 is 1.71 bits per heavy atom. The van der Waals surface area contributed by atoms with E-state index in [-0.39, 0.29) is 24.2 Å². The standard InChI is InChI=1S/C26H23F4N3O2/c1-14-5-4-6-17(24(14)30)13-33-23-9-16(7-8-19(23)15(2)32(3)26(33)35)25(34)31-12-20-21(28)10-18(27)11-22(20)29/h4-11,15H,12-13H2,1-3H3,(H,31,34)/t15-/m0/s1. The first kappa shape index (κ1) is 24.3. The van der Waals surface area contributed by atoms with Gasteiger partial charge in [0.1, 0.15) is 23.3 Å². The van der Waals surface area contributed by atoms with Gasteiger partial charge in [-0.05, 0) is 37.1 Å². The largest absolute Gasteiger partial charge is 0.348 e. The Labute approximate surface area is 200 Å². The molecule has 0 fully saturated rings. The van der Waals surface area contributed by atoms with Crippen LogP contribution in [0.15, 0.2) is 48.5 Å². The van der Waals surface area contributed by atoms with Crippen LogP contribution in [0, 0.1) is 30.2 Å². The van der Waals surface area contributed by atoms with Crippen molar-refractivity contribution in [2.75, 3.05) is 11.9 Å². The molecular weight excluding hydrogens is 462 g/mol. The maximum absolute atomic E-state index is 14.7. The number of nitrogens with zero attached hydrogens (tertiary/aromatic N) is 2. The Balaban J connectivity index is 1.64. The summed E-state index contributed by atoms with van der Waals surface area (Å²) in [5.41, 5.74) is 1.64. The highest BCUT2D eigenvalue weighted by atomic mass is 19.1. The van der Waals surface area contributed by atoms with Gasteiger partial charge in [-0.3, -0.25) is 9.69 Å². The van der Waals surface area contributed by atoms with Crippen molar-refractivity contribution in [3.05, 3.63) is 99.6 Å². The van der Waals surface area contributed by atoms with E-state index in [9.17, 15) is 27.2 Å². The number of halogens is 4. The summed E-state index contributed by atoms with van der Waals surface area (Å²) in [7, 11) is 1.64. The quantitative estimate of drug-likeness (QED) is 0.478. The topological polar surface area (TPSA) is 52.7 Å². The van der Waals surface area contributed by atoms with E-state index in [1.807, 2.05) is 6.92 Å². The molecule has 35 heavy (non-hydrogen) atoms. The Hall–Kier alpha value is -3.88. The highest BCUT2D eigenvalue weighted by molar-refractivity contribution is 5.99. The Morgan fingerprint density at radius 3 is 2.40 bits per heavy atom. The smallest absolute Gasteiger partial charge is 0.325 e. The SMILES string of the molecule is Cc1cccc(CN2C(=O)N(C)[C@@H](C)c3ccc(C(=O)NCc4c(F)cc(F)cc4F)cc32)c1F. The molecule has 9 heteroatoms. The van der Waals surface area contributed by atoms with Crippen molar-refractivity contribution in [1.82, 2.24) is 10.2 Å². The fraction of sp³-hybridized carbons (Fsp3) is 0.231. The molecule has 0 aliphatic carbocycles. The average molecular weight is 485 g/mol. The molecule has 3 aromatic rings. The fourth-order valence-corrected chi connectivity index (χ4v) is 4.10. The molecule has 0 radical (unpaired) electrons. The Kier molecular flexibility index (Phi) is 6.51. The highest BCUT2D eigenvalue weighted by Gasteiger charge is 2.34. The zero-order valence-corrected chi connectivity index (χ0v) is 19.3. The van der Waals surface area contributed by atoms with Crippen molar-refractivity contribution in [1.29, 1.82) is 0 Å². The lowest BCUT2D eigenvalue weighted by molar-refractivity contribution is 0.0950. The number of carbonyl (C=O) groups is 2. The van der Waals surface area contributed by atoms with Gasteiger partial charge in [0.05, 0.1) is 18.3 Å². The van der Waals surface area contributed by atoms with E-state index in [4.69, 9.17) is 0 Å². The minimum atomic E-state index is -1.11. The summed E-state index contributed by atoms with van der Waals surface area (Å²) in [5.74, 6) is -4.33. The first-order valence-electron chi connectivity index (χ1n) is 10.9. The van der Waals surface area contributed by atoms with Crippen LogP contribution in [0.1, 0.15) is 45.6 Å². The van der Waals surface area contributed by atoms with Crippen LogP contribution in [0.5, 0.6) is 0 Å². The molecule has 1 heterocycles. The predicted octanol–water partition coefficient (Wildman–Crippen LogP) is 5.61. The van der Waals surface area contributed by atoms with Gasteiger partial charge in [-0.15, -0.1) is 0 Å². The molecule has 0 spiro atoms. The van der Waals surface area contributed by atoms with Crippen LogP contribution in [-0.4, -0.2) is 23.9 Å². The van der Waals surface area contributed by atoms with E-state index in [1.165, 1.54) is 21.9 Å². The second-order valence-corrected chi connectivity index (χ2v) is 8.51. The van der Waals surface area contributed by atoms with Crippen molar-refractivity contribution < 1.29 is 27.2 Å².